The van der Waals surface area contributed by atoms with Crippen molar-refractivity contribution in [1.82, 2.24) is 4.90 Å². The first kappa shape index (κ1) is 24.8. The van der Waals surface area contributed by atoms with Gasteiger partial charge in [-0.25, -0.2) is 4.90 Å². The summed E-state index contributed by atoms with van der Waals surface area (Å²) in [4.78, 5) is 31.5. The van der Waals surface area contributed by atoms with Crippen molar-refractivity contribution in [3.05, 3.63) is 53.4 Å². The van der Waals surface area contributed by atoms with Gasteiger partial charge in [-0.05, 0) is 61.0 Å². The van der Waals surface area contributed by atoms with Gasteiger partial charge >= 0.3 is 0 Å². The number of thiophene rings is 1. The second-order valence-corrected chi connectivity index (χ2v) is 11.0. The summed E-state index contributed by atoms with van der Waals surface area (Å²) >= 11 is 1.81. The fraction of sp³-hybridized carbons (Fsp3) is 0.448. The van der Waals surface area contributed by atoms with Crippen LogP contribution in [0.5, 0.6) is 5.75 Å². The monoisotopic (exact) mass is 505 g/mol. The highest BCUT2D eigenvalue weighted by atomic mass is 32.1. The maximum Gasteiger partial charge on any atom is 0.236 e. The molecule has 2 aromatic carbocycles. The molecule has 36 heavy (non-hydrogen) atoms. The van der Waals surface area contributed by atoms with Gasteiger partial charge in [-0.1, -0.05) is 26.0 Å². The molecular weight excluding hydrogens is 470 g/mol. The average molecular weight is 506 g/mol. The molecule has 2 amide bonds. The van der Waals surface area contributed by atoms with Crippen molar-refractivity contribution in [2.24, 2.45) is 5.92 Å². The molecule has 1 fully saturated rings. The number of aryl methyl sites for hydroxylation is 1. The number of hydrogen-bond acceptors (Lipinski definition) is 6. The Morgan fingerprint density at radius 2 is 1.83 bits per heavy atom. The standard InChI is InChI=1S/C29H35N3O3S/c1-21(2)29(34)32-26-20-23(10-8-22(26)9-11-28(32)33)35-18-4-3-13-30-14-16-31(17-15-30)25-6-5-7-27-24(25)12-19-36-27/h5-8,10,12,19-21H,3-4,9,11,13-18H2,1-2H3. The van der Waals surface area contributed by atoms with E-state index in [0.717, 1.165) is 56.9 Å². The molecule has 2 aliphatic heterocycles. The SMILES string of the molecule is CC(C)C(=O)N1C(=O)CCc2ccc(OCCCCN3CCN(c4cccc5sccc45)CC3)cc21. The van der Waals surface area contributed by atoms with E-state index in [1.165, 1.54) is 20.7 Å². The smallest absolute Gasteiger partial charge is 0.236 e. The van der Waals surface area contributed by atoms with E-state index < -0.39 is 0 Å². The maximum absolute atomic E-state index is 12.6. The van der Waals surface area contributed by atoms with Gasteiger partial charge in [-0.2, -0.15) is 0 Å². The van der Waals surface area contributed by atoms with Crippen LogP contribution in [0.25, 0.3) is 10.1 Å². The number of carbonyl (C=O) groups is 2. The van der Waals surface area contributed by atoms with E-state index in [1.54, 1.807) is 0 Å². The summed E-state index contributed by atoms with van der Waals surface area (Å²) in [5.74, 6) is 0.229. The van der Waals surface area contributed by atoms with E-state index in [-0.39, 0.29) is 17.7 Å². The summed E-state index contributed by atoms with van der Waals surface area (Å²) in [7, 11) is 0. The van der Waals surface area contributed by atoms with Crippen LogP contribution < -0.4 is 14.5 Å². The van der Waals surface area contributed by atoms with Crippen LogP contribution in [0.15, 0.2) is 47.8 Å². The third kappa shape index (κ3) is 5.27. The van der Waals surface area contributed by atoms with Gasteiger partial charge in [-0.3, -0.25) is 14.5 Å². The Morgan fingerprint density at radius 3 is 2.64 bits per heavy atom. The molecule has 2 aliphatic rings. The molecule has 1 aromatic heterocycles. The summed E-state index contributed by atoms with van der Waals surface area (Å²) in [6.45, 7) is 9.65. The number of nitrogens with zero attached hydrogens (tertiary/aromatic N) is 3. The Kier molecular flexibility index (Phi) is 7.58. The van der Waals surface area contributed by atoms with E-state index >= 15 is 0 Å². The Balaban J connectivity index is 1.07. The van der Waals surface area contributed by atoms with Crippen LogP contribution in [0.4, 0.5) is 11.4 Å². The van der Waals surface area contributed by atoms with E-state index in [1.807, 2.05) is 43.4 Å². The predicted octanol–water partition coefficient (Wildman–Crippen LogP) is 5.34. The second kappa shape index (κ2) is 11.0. The number of carbonyl (C=O) groups excluding carboxylic acids is 2. The number of anilines is 2. The Labute approximate surface area is 217 Å². The molecule has 0 bridgehead atoms. The number of ether oxygens (including phenoxy) is 1. The molecule has 5 rings (SSSR count). The number of rotatable bonds is 8. The van der Waals surface area contributed by atoms with Crippen molar-refractivity contribution in [3.8, 4) is 5.75 Å². The van der Waals surface area contributed by atoms with Gasteiger partial charge < -0.3 is 9.64 Å². The summed E-state index contributed by atoms with van der Waals surface area (Å²) < 4.78 is 7.38. The van der Waals surface area contributed by atoms with Crippen molar-refractivity contribution in [2.45, 2.75) is 39.5 Å². The van der Waals surface area contributed by atoms with Crippen molar-refractivity contribution in [2.75, 3.05) is 49.1 Å². The van der Waals surface area contributed by atoms with Crippen LogP contribution >= 0.6 is 11.3 Å². The van der Waals surface area contributed by atoms with Crippen molar-refractivity contribution in [1.29, 1.82) is 0 Å². The third-order valence-electron chi connectivity index (χ3n) is 7.19. The lowest BCUT2D eigenvalue weighted by Gasteiger charge is -2.36. The number of hydrogen-bond donors (Lipinski definition) is 0. The number of imide groups is 1. The molecule has 0 unspecified atom stereocenters. The van der Waals surface area contributed by atoms with Crippen LogP contribution in [0, 0.1) is 5.92 Å². The fourth-order valence-corrected chi connectivity index (χ4v) is 5.94. The third-order valence-corrected chi connectivity index (χ3v) is 8.07. The maximum atomic E-state index is 12.6. The first-order valence-electron chi connectivity index (χ1n) is 13.1. The van der Waals surface area contributed by atoms with Gasteiger partial charge in [-0.15, -0.1) is 11.3 Å². The lowest BCUT2D eigenvalue weighted by atomic mass is 9.99. The lowest BCUT2D eigenvalue weighted by Crippen LogP contribution is -2.46. The molecule has 0 atom stereocenters. The van der Waals surface area contributed by atoms with E-state index in [2.05, 4.69) is 39.4 Å². The first-order valence-corrected chi connectivity index (χ1v) is 14.0. The van der Waals surface area contributed by atoms with Crippen LogP contribution in [0.1, 0.15) is 38.7 Å². The van der Waals surface area contributed by atoms with Crippen LogP contribution in [-0.4, -0.2) is 56.0 Å². The average Bonchev–Trinajstić information content (AvgIpc) is 3.37. The molecular formula is C29H35N3O3S. The van der Waals surface area contributed by atoms with Crippen LogP contribution in [-0.2, 0) is 16.0 Å². The van der Waals surface area contributed by atoms with Gasteiger partial charge in [0.25, 0.3) is 0 Å². The molecule has 7 heteroatoms. The van der Waals surface area contributed by atoms with Gasteiger partial charge in [0.1, 0.15) is 5.75 Å². The highest BCUT2D eigenvalue weighted by Gasteiger charge is 2.31. The number of unbranched alkanes of at least 4 members (excludes halogenated alkanes) is 1. The van der Waals surface area contributed by atoms with Crippen molar-refractivity contribution < 1.29 is 14.3 Å². The molecule has 3 heterocycles. The molecule has 0 spiro atoms. The van der Waals surface area contributed by atoms with Gasteiger partial charge in [0, 0.05) is 60.4 Å². The molecule has 0 radical (unpaired) electrons. The highest BCUT2D eigenvalue weighted by Crippen LogP contribution is 2.33. The van der Waals surface area contributed by atoms with Crippen molar-refractivity contribution in [3.63, 3.8) is 0 Å². The van der Waals surface area contributed by atoms with E-state index in [9.17, 15) is 9.59 Å². The van der Waals surface area contributed by atoms with Gasteiger partial charge in [0.2, 0.25) is 11.8 Å². The second-order valence-electron chi connectivity index (χ2n) is 10.0. The molecule has 3 aromatic rings. The molecule has 0 N–H and O–H groups in total. The van der Waals surface area contributed by atoms with Crippen LogP contribution in [0.3, 0.4) is 0 Å². The minimum absolute atomic E-state index is 0.120. The molecule has 1 saturated heterocycles. The van der Waals surface area contributed by atoms with E-state index in [4.69, 9.17) is 4.74 Å². The summed E-state index contributed by atoms with van der Waals surface area (Å²) in [6, 6.07) is 14.7. The predicted molar refractivity (Wildman–Crippen MR) is 147 cm³/mol. The summed E-state index contributed by atoms with van der Waals surface area (Å²) in [5, 5.41) is 3.55. The van der Waals surface area contributed by atoms with Gasteiger partial charge in [0.05, 0.1) is 12.3 Å². The van der Waals surface area contributed by atoms with Crippen LogP contribution in [0.2, 0.25) is 0 Å². The minimum Gasteiger partial charge on any atom is -0.494 e. The highest BCUT2D eigenvalue weighted by molar-refractivity contribution is 7.17. The number of benzene rings is 2. The zero-order valence-electron chi connectivity index (χ0n) is 21.2. The lowest BCUT2D eigenvalue weighted by molar-refractivity contribution is -0.128. The number of piperazine rings is 1. The molecule has 6 nitrogen and oxygen atoms in total. The summed E-state index contributed by atoms with van der Waals surface area (Å²) in [6.07, 6.45) is 3.11. The fourth-order valence-electron chi connectivity index (χ4n) is 5.13. The normalized spacial score (nSPS) is 16.6. The first-order chi connectivity index (χ1) is 17.5. The number of amides is 2. The Bertz CT molecular complexity index is 1230. The zero-order chi connectivity index (χ0) is 25.1. The zero-order valence-corrected chi connectivity index (χ0v) is 22.1. The molecule has 0 saturated carbocycles. The van der Waals surface area contributed by atoms with E-state index in [0.29, 0.717) is 25.1 Å². The largest absolute Gasteiger partial charge is 0.494 e. The Morgan fingerprint density at radius 1 is 1.00 bits per heavy atom. The van der Waals surface area contributed by atoms with Crippen molar-refractivity contribution >= 4 is 44.6 Å². The van der Waals surface area contributed by atoms with Gasteiger partial charge in [0.15, 0.2) is 0 Å². The quantitative estimate of drug-likeness (QED) is 0.387. The topological polar surface area (TPSA) is 53.1 Å². The molecule has 0 aliphatic carbocycles. The minimum atomic E-state index is -0.226. The Hall–Kier alpha value is -2.90. The number of fused-ring (bicyclic) bond motifs is 2. The summed E-state index contributed by atoms with van der Waals surface area (Å²) in [5.41, 5.74) is 3.09. The molecule has 190 valence electrons.